The van der Waals surface area contributed by atoms with Gasteiger partial charge >= 0.3 is 5.76 Å². The van der Waals surface area contributed by atoms with Gasteiger partial charge in [0.15, 0.2) is 5.58 Å². The van der Waals surface area contributed by atoms with Gasteiger partial charge in [-0.3, -0.25) is 4.57 Å². The second kappa shape index (κ2) is 4.80. The molecule has 0 amide bonds. The number of benzene rings is 1. The van der Waals surface area contributed by atoms with E-state index in [0.717, 1.165) is 21.5 Å². The predicted octanol–water partition coefficient (Wildman–Crippen LogP) is 1.86. The fourth-order valence-electron chi connectivity index (χ4n) is 2.00. The number of hydrogen-bond donors (Lipinski definition) is 0. The van der Waals surface area contributed by atoms with E-state index in [-0.39, 0.29) is 5.76 Å². The Hall–Kier alpha value is -1.64. The van der Waals surface area contributed by atoms with E-state index in [4.69, 9.17) is 4.42 Å². The van der Waals surface area contributed by atoms with Gasteiger partial charge in [0.2, 0.25) is 0 Å². The number of oxazole rings is 1. The van der Waals surface area contributed by atoms with Crippen LogP contribution in [0.5, 0.6) is 0 Å². The normalized spacial score (nSPS) is 11.3. The molecule has 0 fully saturated rings. The lowest BCUT2D eigenvalue weighted by molar-refractivity contribution is 0.504. The Kier molecular flexibility index (Phi) is 3.13. The first-order chi connectivity index (χ1) is 9.19. The zero-order chi connectivity index (χ0) is 13.4. The number of halogens is 1. The largest absolute Gasteiger partial charge is 0.420 e. The van der Waals surface area contributed by atoms with Crippen LogP contribution in [0, 0.1) is 3.57 Å². The summed E-state index contributed by atoms with van der Waals surface area (Å²) >= 11 is 2.21. The molecule has 0 aliphatic carbocycles. The van der Waals surface area contributed by atoms with Gasteiger partial charge in [0.1, 0.15) is 12.2 Å². The summed E-state index contributed by atoms with van der Waals surface area (Å²) < 4.78 is 9.62. The molecule has 0 saturated carbocycles. The molecule has 0 N–H and O–H groups in total. The van der Waals surface area contributed by atoms with Gasteiger partial charge in [0, 0.05) is 10.1 Å². The first-order valence-electron chi connectivity index (χ1n) is 5.84. The van der Waals surface area contributed by atoms with Crippen LogP contribution in [0.4, 0.5) is 0 Å². The number of rotatable bonds is 3. The Balaban J connectivity index is 2.12. The van der Waals surface area contributed by atoms with Crippen molar-refractivity contribution in [1.29, 1.82) is 0 Å². The molecule has 0 radical (unpaired) electrons. The minimum Gasteiger partial charge on any atom is -0.408 e. The van der Waals surface area contributed by atoms with Gasteiger partial charge in [-0.25, -0.2) is 14.5 Å². The Morgan fingerprint density at radius 3 is 3.05 bits per heavy atom. The van der Waals surface area contributed by atoms with E-state index in [0.29, 0.717) is 12.1 Å². The van der Waals surface area contributed by atoms with Crippen molar-refractivity contribution < 1.29 is 4.42 Å². The van der Waals surface area contributed by atoms with E-state index in [2.05, 4.69) is 32.7 Å². The average Bonchev–Trinajstić information content (AvgIpc) is 2.96. The molecular formula is C12H11IN4O2. The van der Waals surface area contributed by atoms with Crippen LogP contribution in [-0.2, 0) is 13.1 Å². The van der Waals surface area contributed by atoms with Crippen molar-refractivity contribution >= 4 is 33.7 Å². The summed E-state index contributed by atoms with van der Waals surface area (Å²) in [4.78, 5) is 16.1. The van der Waals surface area contributed by atoms with E-state index >= 15 is 0 Å². The Bertz CT molecular complexity index is 786. The van der Waals surface area contributed by atoms with E-state index in [9.17, 15) is 4.79 Å². The maximum atomic E-state index is 11.9. The van der Waals surface area contributed by atoms with Crippen molar-refractivity contribution in [2.24, 2.45) is 0 Å². The minimum atomic E-state index is -0.373. The molecule has 0 saturated heterocycles. The predicted molar refractivity (Wildman–Crippen MR) is 78.0 cm³/mol. The monoisotopic (exact) mass is 370 g/mol. The highest BCUT2D eigenvalue weighted by molar-refractivity contribution is 14.1. The molecule has 6 nitrogen and oxygen atoms in total. The van der Waals surface area contributed by atoms with Crippen molar-refractivity contribution in [3.05, 3.63) is 44.5 Å². The third-order valence-corrected chi connectivity index (χ3v) is 3.60. The molecule has 0 bridgehead atoms. The van der Waals surface area contributed by atoms with Crippen molar-refractivity contribution in [3.63, 3.8) is 0 Å². The molecule has 0 atom stereocenters. The molecular weight excluding hydrogens is 359 g/mol. The number of aromatic nitrogens is 4. The summed E-state index contributed by atoms with van der Waals surface area (Å²) in [5.41, 5.74) is 1.37. The number of fused-ring (bicyclic) bond motifs is 1. The molecule has 3 aromatic rings. The quantitative estimate of drug-likeness (QED) is 0.661. The molecule has 2 aromatic heterocycles. The lowest BCUT2D eigenvalue weighted by Gasteiger charge is -2.03. The zero-order valence-corrected chi connectivity index (χ0v) is 12.4. The molecule has 0 unspecified atom stereocenters. The number of hydrogen-bond acceptors (Lipinski definition) is 4. The topological polar surface area (TPSA) is 65.8 Å². The highest BCUT2D eigenvalue weighted by Gasteiger charge is 2.12. The minimum absolute atomic E-state index is 0.361. The van der Waals surface area contributed by atoms with E-state index < -0.39 is 0 Å². The third kappa shape index (κ3) is 2.18. The van der Waals surface area contributed by atoms with Gasteiger partial charge in [-0.2, -0.15) is 5.10 Å². The maximum Gasteiger partial charge on any atom is 0.420 e. The van der Waals surface area contributed by atoms with Gasteiger partial charge in [0.05, 0.1) is 12.1 Å². The lowest BCUT2D eigenvalue weighted by Crippen LogP contribution is -2.18. The average molecular weight is 370 g/mol. The summed E-state index contributed by atoms with van der Waals surface area (Å²) in [5.74, 6) is 0.369. The molecule has 3 rings (SSSR count). The van der Waals surface area contributed by atoms with Crippen LogP contribution < -0.4 is 5.76 Å². The smallest absolute Gasteiger partial charge is 0.408 e. The van der Waals surface area contributed by atoms with E-state index in [1.165, 1.54) is 6.33 Å². The summed E-state index contributed by atoms with van der Waals surface area (Å²) in [5, 5.41) is 4.10. The molecule has 0 aliphatic heterocycles. The second-order valence-electron chi connectivity index (χ2n) is 4.06. The first-order valence-corrected chi connectivity index (χ1v) is 6.92. The zero-order valence-electron chi connectivity index (χ0n) is 10.2. The summed E-state index contributed by atoms with van der Waals surface area (Å²) in [6.07, 6.45) is 1.50. The van der Waals surface area contributed by atoms with Gasteiger partial charge in [0.25, 0.3) is 0 Å². The SMILES string of the molecule is CCn1ncnc1Cn1c(=O)oc2ccc(I)cc21. The lowest BCUT2D eigenvalue weighted by atomic mass is 10.3. The Morgan fingerprint density at radius 2 is 2.26 bits per heavy atom. The number of nitrogens with zero attached hydrogens (tertiary/aromatic N) is 4. The number of aryl methyl sites for hydroxylation is 1. The van der Waals surface area contributed by atoms with Gasteiger partial charge in [-0.1, -0.05) is 0 Å². The van der Waals surface area contributed by atoms with Crippen LogP contribution in [0.2, 0.25) is 0 Å². The van der Waals surface area contributed by atoms with Crippen LogP contribution in [0.1, 0.15) is 12.7 Å². The van der Waals surface area contributed by atoms with Crippen molar-refractivity contribution in [3.8, 4) is 0 Å². The van der Waals surface area contributed by atoms with Crippen molar-refractivity contribution in [2.45, 2.75) is 20.0 Å². The Morgan fingerprint density at radius 1 is 1.42 bits per heavy atom. The van der Waals surface area contributed by atoms with Crippen LogP contribution >= 0.6 is 22.6 Å². The van der Waals surface area contributed by atoms with Crippen molar-refractivity contribution in [1.82, 2.24) is 19.3 Å². The maximum absolute atomic E-state index is 11.9. The fraction of sp³-hybridized carbons (Fsp3) is 0.250. The van der Waals surface area contributed by atoms with Crippen LogP contribution in [0.15, 0.2) is 33.7 Å². The standard InChI is InChI=1S/C12H11IN4O2/c1-2-17-11(14-7-15-17)6-16-9-5-8(13)3-4-10(9)19-12(16)18/h3-5,7H,2,6H2,1H3. The van der Waals surface area contributed by atoms with Crippen LogP contribution in [0.25, 0.3) is 11.1 Å². The van der Waals surface area contributed by atoms with Crippen molar-refractivity contribution in [2.75, 3.05) is 0 Å². The fourth-order valence-corrected chi connectivity index (χ4v) is 2.48. The summed E-state index contributed by atoms with van der Waals surface area (Å²) in [7, 11) is 0. The second-order valence-corrected chi connectivity index (χ2v) is 5.30. The molecule has 0 spiro atoms. The van der Waals surface area contributed by atoms with E-state index in [1.54, 1.807) is 15.3 Å². The molecule has 98 valence electrons. The molecule has 2 heterocycles. The summed E-state index contributed by atoms with van der Waals surface area (Å²) in [6, 6.07) is 5.64. The van der Waals surface area contributed by atoms with E-state index in [1.807, 2.05) is 19.1 Å². The molecule has 0 aliphatic rings. The summed E-state index contributed by atoms with van der Waals surface area (Å²) in [6.45, 7) is 3.06. The third-order valence-electron chi connectivity index (χ3n) is 2.92. The van der Waals surface area contributed by atoms with Gasteiger partial charge < -0.3 is 4.42 Å². The van der Waals surface area contributed by atoms with Gasteiger partial charge in [-0.15, -0.1) is 0 Å². The Labute approximate surface area is 122 Å². The highest BCUT2D eigenvalue weighted by Crippen LogP contribution is 2.17. The van der Waals surface area contributed by atoms with Gasteiger partial charge in [-0.05, 0) is 47.7 Å². The van der Waals surface area contributed by atoms with Crippen LogP contribution in [-0.4, -0.2) is 19.3 Å². The molecule has 1 aromatic carbocycles. The van der Waals surface area contributed by atoms with Crippen LogP contribution in [0.3, 0.4) is 0 Å². The molecule has 7 heteroatoms. The first kappa shape index (κ1) is 12.4. The highest BCUT2D eigenvalue weighted by atomic mass is 127. The molecule has 19 heavy (non-hydrogen) atoms.